The van der Waals surface area contributed by atoms with Crippen LogP contribution >= 0.6 is 0 Å². The molecule has 0 aliphatic carbocycles. The normalized spacial score (nSPS) is 12.8. The Morgan fingerprint density at radius 1 is 0.760 bits per heavy atom. The van der Waals surface area contributed by atoms with E-state index in [4.69, 9.17) is 4.55 Å². The molecule has 0 amide bonds. The first-order valence-corrected chi connectivity index (χ1v) is 10.9. The minimum absolute atomic E-state index is 0.211. The number of sulfonamides is 1. The summed E-state index contributed by atoms with van der Waals surface area (Å²) in [7, 11) is -13.9. The summed E-state index contributed by atoms with van der Waals surface area (Å²) < 4.78 is 90.0. The van der Waals surface area contributed by atoms with Gasteiger partial charge in [-0.2, -0.15) is 16.8 Å². The van der Waals surface area contributed by atoms with Crippen LogP contribution in [0.5, 0.6) is 0 Å². The van der Waals surface area contributed by atoms with E-state index < -0.39 is 45.7 Å². The Balaban J connectivity index is 2.62. The lowest BCUT2D eigenvalue weighted by atomic mass is 10.2. The monoisotopic (exact) mass is 407 g/mol. The summed E-state index contributed by atoms with van der Waals surface area (Å²) in [6, 6.07) is 7.49. The lowest BCUT2D eigenvalue weighted by Crippen LogP contribution is -2.16. The molecule has 25 heavy (non-hydrogen) atoms. The number of rotatable bonds is 5. The third kappa shape index (κ3) is 4.55. The molecule has 0 spiro atoms. The summed E-state index contributed by atoms with van der Waals surface area (Å²) in [6.45, 7) is 1.73. The highest BCUT2D eigenvalue weighted by Crippen LogP contribution is 2.27. The summed E-state index contributed by atoms with van der Waals surface area (Å²) in [6.07, 6.45) is 0. The summed E-state index contributed by atoms with van der Waals surface area (Å²) >= 11 is 0. The number of hydrogen-bond acceptors (Lipinski definition) is 6. The van der Waals surface area contributed by atoms with E-state index in [1.54, 1.807) is 6.92 Å². The van der Waals surface area contributed by atoms with Crippen LogP contribution in [0.25, 0.3) is 0 Å². The van der Waals surface area contributed by atoms with Gasteiger partial charge < -0.3 is 0 Å². The minimum atomic E-state index is -4.86. The van der Waals surface area contributed by atoms with E-state index in [1.807, 2.05) is 4.72 Å². The SMILES string of the molecule is Cc1ccc(S(=O)(=O)Nc2cc(S(=O)(=O)O)ccc2S(=O)(=O)O)cc1. The molecule has 0 unspecified atom stereocenters. The van der Waals surface area contributed by atoms with Crippen LogP contribution in [0.4, 0.5) is 5.69 Å². The lowest BCUT2D eigenvalue weighted by Gasteiger charge is -2.12. The van der Waals surface area contributed by atoms with Crippen LogP contribution < -0.4 is 4.72 Å². The Labute approximate surface area is 144 Å². The van der Waals surface area contributed by atoms with E-state index in [0.717, 1.165) is 5.56 Å². The summed E-state index contributed by atoms with van der Waals surface area (Å²) in [5.74, 6) is 0. The van der Waals surface area contributed by atoms with Gasteiger partial charge in [-0.05, 0) is 37.3 Å². The van der Waals surface area contributed by atoms with Crippen LogP contribution in [0, 0.1) is 6.92 Å². The fraction of sp³-hybridized carbons (Fsp3) is 0.0769. The van der Waals surface area contributed by atoms with Crippen LogP contribution in [0.2, 0.25) is 0 Å². The molecule has 12 heteroatoms. The molecule has 0 aromatic heterocycles. The predicted octanol–water partition coefficient (Wildman–Crippen LogP) is 1.29. The third-order valence-corrected chi connectivity index (χ3v) is 6.25. The van der Waals surface area contributed by atoms with Crippen molar-refractivity contribution in [3.05, 3.63) is 48.0 Å². The highest BCUT2D eigenvalue weighted by molar-refractivity contribution is 7.93. The van der Waals surface area contributed by atoms with Crippen molar-refractivity contribution >= 4 is 35.9 Å². The van der Waals surface area contributed by atoms with Crippen LogP contribution in [0.3, 0.4) is 0 Å². The Morgan fingerprint density at radius 2 is 1.28 bits per heavy atom. The van der Waals surface area contributed by atoms with E-state index in [1.165, 1.54) is 24.3 Å². The summed E-state index contributed by atoms with van der Waals surface area (Å²) in [4.78, 5) is -1.83. The molecule has 2 aromatic carbocycles. The minimum Gasteiger partial charge on any atom is -0.282 e. The fourth-order valence-corrected chi connectivity index (χ4v) is 4.17. The zero-order valence-corrected chi connectivity index (χ0v) is 15.1. The van der Waals surface area contributed by atoms with E-state index in [0.29, 0.717) is 18.2 Å². The first-order chi connectivity index (χ1) is 11.3. The predicted molar refractivity (Wildman–Crippen MR) is 88.1 cm³/mol. The average molecular weight is 407 g/mol. The maximum absolute atomic E-state index is 12.4. The van der Waals surface area contributed by atoms with Gasteiger partial charge in [0.2, 0.25) is 0 Å². The molecule has 0 saturated heterocycles. The van der Waals surface area contributed by atoms with Crippen LogP contribution in [0.1, 0.15) is 5.56 Å². The second kappa shape index (κ2) is 6.38. The quantitative estimate of drug-likeness (QED) is 0.626. The molecule has 0 heterocycles. The van der Waals surface area contributed by atoms with Crippen molar-refractivity contribution in [3.8, 4) is 0 Å². The summed E-state index contributed by atoms with van der Waals surface area (Å²) in [5.41, 5.74) is 0.0594. The van der Waals surface area contributed by atoms with Crippen molar-refractivity contribution < 1.29 is 34.4 Å². The van der Waals surface area contributed by atoms with Crippen molar-refractivity contribution in [2.75, 3.05) is 4.72 Å². The Hall–Kier alpha value is -1.99. The maximum atomic E-state index is 12.4. The summed E-state index contributed by atoms with van der Waals surface area (Å²) in [5, 5.41) is 0. The molecule has 2 aromatic rings. The average Bonchev–Trinajstić information content (AvgIpc) is 2.45. The number of hydrogen-bond donors (Lipinski definition) is 3. The van der Waals surface area contributed by atoms with E-state index in [9.17, 15) is 29.8 Å². The van der Waals surface area contributed by atoms with Crippen molar-refractivity contribution in [1.82, 2.24) is 0 Å². The van der Waals surface area contributed by atoms with Gasteiger partial charge in [0.1, 0.15) is 4.90 Å². The first kappa shape index (κ1) is 19.3. The van der Waals surface area contributed by atoms with E-state index in [-0.39, 0.29) is 4.90 Å². The van der Waals surface area contributed by atoms with Crippen LogP contribution in [-0.4, -0.2) is 34.4 Å². The molecule has 0 saturated carbocycles. The highest BCUT2D eigenvalue weighted by atomic mass is 32.2. The number of benzene rings is 2. The van der Waals surface area contributed by atoms with Crippen molar-refractivity contribution in [2.45, 2.75) is 21.6 Å². The topological polar surface area (TPSA) is 155 Å². The molecular formula is C13H13NO8S3. The molecule has 3 N–H and O–H groups in total. The molecular weight excluding hydrogens is 394 g/mol. The third-order valence-electron chi connectivity index (χ3n) is 3.10. The maximum Gasteiger partial charge on any atom is 0.296 e. The number of aryl methyl sites for hydroxylation is 1. The van der Waals surface area contributed by atoms with E-state index in [2.05, 4.69) is 0 Å². The van der Waals surface area contributed by atoms with Gasteiger partial charge in [-0.25, -0.2) is 8.42 Å². The molecule has 9 nitrogen and oxygen atoms in total. The molecule has 0 atom stereocenters. The van der Waals surface area contributed by atoms with Gasteiger partial charge in [0, 0.05) is 0 Å². The second-order valence-corrected chi connectivity index (χ2v) is 9.52. The molecule has 2 rings (SSSR count). The molecule has 0 bridgehead atoms. The smallest absolute Gasteiger partial charge is 0.282 e. The van der Waals surface area contributed by atoms with Gasteiger partial charge in [-0.15, -0.1) is 0 Å². The molecule has 0 aliphatic rings. The second-order valence-electron chi connectivity index (χ2n) is 5.03. The number of anilines is 1. The standard InChI is InChI=1S/C13H13NO8S3/c1-9-2-4-10(5-3-9)23(15,16)14-12-8-11(24(17,18)19)6-7-13(12)25(20,21)22/h2-8,14H,1H3,(H,17,18,19)(H,20,21,22). The van der Waals surface area contributed by atoms with Gasteiger partial charge in [0.05, 0.1) is 15.5 Å². The lowest BCUT2D eigenvalue weighted by molar-refractivity contribution is 0.479. The Morgan fingerprint density at radius 3 is 1.76 bits per heavy atom. The highest BCUT2D eigenvalue weighted by Gasteiger charge is 2.23. The van der Waals surface area contributed by atoms with Crippen molar-refractivity contribution in [3.63, 3.8) is 0 Å². The zero-order valence-electron chi connectivity index (χ0n) is 12.6. The van der Waals surface area contributed by atoms with Gasteiger partial charge in [-0.3, -0.25) is 13.8 Å². The van der Waals surface area contributed by atoms with Gasteiger partial charge in [0.25, 0.3) is 30.3 Å². The van der Waals surface area contributed by atoms with Crippen molar-refractivity contribution in [2.24, 2.45) is 0 Å². The van der Waals surface area contributed by atoms with E-state index >= 15 is 0 Å². The number of nitrogens with one attached hydrogen (secondary N) is 1. The Bertz CT molecular complexity index is 1120. The largest absolute Gasteiger partial charge is 0.296 e. The van der Waals surface area contributed by atoms with Crippen LogP contribution in [-0.2, 0) is 30.3 Å². The fourth-order valence-electron chi connectivity index (χ4n) is 1.90. The molecule has 0 aliphatic heterocycles. The van der Waals surface area contributed by atoms with Gasteiger partial charge >= 0.3 is 0 Å². The van der Waals surface area contributed by atoms with Crippen LogP contribution in [0.15, 0.2) is 57.2 Å². The zero-order chi connectivity index (χ0) is 19.0. The molecule has 0 fully saturated rings. The molecule has 0 radical (unpaired) electrons. The van der Waals surface area contributed by atoms with Crippen molar-refractivity contribution in [1.29, 1.82) is 0 Å². The van der Waals surface area contributed by atoms with Gasteiger partial charge in [0.15, 0.2) is 0 Å². The van der Waals surface area contributed by atoms with Gasteiger partial charge in [-0.1, -0.05) is 17.7 Å². The Kier molecular flexibility index (Phi) is 4.94. The first-order valence-electron chi connectivity index (χ1n) is 6.49. The molecule has 136 valence electrons.